The minimum Gasteiger partial charge on any atom is -0.313 e. The first-order chi connectivity index (χ1) is 7.63. The van der Waals surface area contributed by atoms with E-state index < -0.39 is 0 Å². The van der Waals surface area contributed by atoms with Gasteiger partial charge < -0.3 is 5.32 Å². The lowest BCUT2D eigenvalue weighted by molar-refractivity contribution is 0.364. The van der Waals surface area contributed by atoms with Crippen molar-refractivity contribution in [3.05, 3.63) is 34.9 Å². The maximum absolute atomic E-state index is 3.48. The van der Waals surface area contributed by atoms with Gasteiger partial charge in [-0.3, -0.25) is 0 Å². The van der Waals surface area contributed by atoms with Crippen LogP contribution < -0.4 is 5.32 Å². The van der Waals surface area contributed by atoms with Crippen molar-refractivity contribution in [2.75, 3.05) is 7.05 Å². The zero-order valence-corrected chi connectivity index (χ0v) is 10.9. The van der Waals surface area contributed by atoms with Crippen LogP contribution in [-0.2, 0) is 6.42 Å². The fourth-order valence-electron chi connectivity index (χ4n) is 2.79. The second kappa shape index (κ2) is 4.58. The molecule has 2 rings (SSSR count). The molecular weight excluding hydrogens is 194 g/mol. The molecule has 2 atom stereocenters. The van der Waals surface area contributed by atoms with E-state index in [2.05, 4.69) is 51.3 Å². The Morgan fingerprint density at radius 1 is 1.31 bits per heavy atom. The van der Waals surface area contributed by atoms with Gasteiger partial charge in [-0.15, -0.1) is 0 Å². The molecule has 88 valence electrons. The highest BCUT2D eigenvalue weighted by Crippen LogP contribution is 2.35. The minimum absolute atomic E-state index is 0.544. The average molecular weight is 217 g/mol. The fraction of sp³-hybridized carbons (Fsp3) is 0.600. The van der Waals surface area contributed by atoms with E-state index in [1.807, 2.05) is 0 Å². The predicted molar refractivity (Wildman–Crippen MR) is 69.8 cm³/mol. The Morgan fingerprint density at radius 3 is 2.69 bits per heavy atom. The molecule has 1 aromatic rings. The molecule has 0 radical (unpaired) electrons. The molecule has 0 fully saturated rings. The highest BCUT2D eigenvalue weighted by molar-refractivity contribution is 5.37. The van der Waals surface area contributed by atoms with Crippen LogP contribution in [0.2, 0.25) is 0 Å². The molecule has 1 aromatic carbocycles. The first-order valence-electron chi connectivity index (χ1n) is 6.43. The van der Waals surface area contributed by atoms with Crippen molar-refractivity contribution in [3.8, 4) is 0 Å². The first kappa shape index (κ1) is 11.7. The lowest BCUT2D eigenvalue weighted by Crippen LogP contribution is -2.28. The summed E-state index contributed by atoms with van der Waals surface area (Å²) in [6.45, 7) is 6.89. The summed E-state index contributed by atoms with van der Waals surface area (Å²) in [5.74, 6) is 1.37. The number of hydrogen-bond donors (Lipinski definition) is 1. The number of rotatable bonds is 2. The van der Waals surface area contributed by atoms with Gasteiger partial charge in [0.25, 0.3) is 0 Å². The summed E-state index contributed by atoms with van der Waals surface area (Å²) in [6.07, 6.45) is 2.55. The zero-order valence-electron chi connectivity index (χ0n) is 10.9. The lowest BCUT2D eigenvalue weighted by atomic mass is 9.79. The van der Waals surface area contributed by atoms with Gasteiger partial charge in [0, 0.05) is 6.04 Å². The van der Waals surface area contributed by atoms with Gasteiger partial charge in [0.1, 0.15) is 0 Å². The third-order valence-electron chi connectivity index (χ3n) is 3.92. The topological polar surface area (TPSA) is 12.0 Å². The standard InChI is InChI=1S/C15H23N/c1-10(2)13-8-7-12-6-5-11(3)15(16-4)14(12)9-13/h7-11,15-16H,5-6H2,1-4H3. The quantitative estimate of drug-likeness (QED) is 0.797. The number of hydrogen-bond acceptors (Lipinski definition) is 1. The number of fused-ring (bicyclic) bond motifs is 1. The molecule has 1 heteroatoms. The second-order valence-corrected chi connectivity index (χ2v) is 5.40. The zero-order chi connectivity index (χ0) is 11.7. The molecule has 1 nitrogen and oxygen atoms in total. The van der Waals surface area contributed by atoms with Gasteiger partial charge in [0.2, 0.25) is 0 Å². The Labute approximate surface area is 99.3 Å². The average Bonchev–Trinajstić information content (AvgIpc) is 2.28. The Bertz CT molecular complexity index is 368. The third-order valence-corrected chi connectivity index (χ3v) is 3.92. The Hall–Kier alpha value is -0.820. The van der Waals surface area contributed by atoms with Crippen molar-refractivity contribution >= 4 is 0 Å². The van der Waals surface area contributed by atoms with E-state index in [4.69, 9.17) is 0 Å². The smallest absolute Gasteiger partial charge is 0.0346 e. The van der Waals surface area contributed by atoms with E-state index in [1.54, 1.807) is 5.56 Å². The Balaban J connectivity index is 2.42. The highest BCUT2D eigenvalue weighted by atomic mass is 14.9. The molecule has 0 spiro atoms. The van der Waals surface area contributed by atoms with Gasteiger partial charge in [0.05, 0.1) is 0 Å². The molecule has 0 saturated carbocycles. The summed E-state index contributed by atoms with van der Waals surface area (Å²) in [5, 5.41) is 3.48. The molecule has 16 heavy (non-hydrogen) atoms. The molecule has 0 bridgehead atoms. The van der Waals surface area contributed by atoms with Crippen LogP contribution in [0, 0.1) is 5.92 Å². The summed E-state index contributed by atoms with van der Waals surface area (Å²) in [7, 11) is 2.08. The number of nitrogens with one attached hydrogen (secondary N) is 1. The van der Waals surface area contributed by atoms with Crippen molar-refractivity contribution in [1.29, 1.82) is 0 Å². The van der Waals surface area contributed by atoms with Gasteiger partial charge in [-0.2, -0.15) is 0 Å². The van der Waals surface area contributed by atoms with E-state index in [-0.39, 0.29) is 0 Å². The van der Waals surface area contributed by atoms with E-state index in [9.17, 15) is 0 Å². The number of benzene rings is 1. The molecule has 1 aliphatic rings. The molecule has 0 saturated heterocycles. The van der Waals surface area contributed by atoms with Crippen LogP contribution in [-0.4, -0.2) is 7.05 Å². The van der Waals surface area contributed by atoms with Crippen LogP contribution in [0.1, 0.15) is 55.8 Å². The van der Waals surface area contributed by atoms with E-state index >= 15 is 0 Å². The first-order valence-corrected chi connectivity index (χ1v) is 6.43. The molecule has 1 aliphatic carbocycles. The summed E-state index contributed by atoms with van der Waals surface area (Å²) in [4.78, 5) is 0. The summed E-state index contributed by atoms with van der Waals surface area (Å²) >= 11 is 0. The van der Waals surface area contributed by atoms with Crippen LogP contribution >= 0.6 is 0 Å². The van der Waals surface area contributed by atoms with Crippen molar-refractivity contribution in [2.45, 2.75) is 45.6 Å². The molecule has 0 aliphatic heterocycles. The van der Waals surface area contributed by atoms with Crippen LogP contribution in [0.25, 0.3) is 0 Å². The molecule has 2 unspecified atom stereocenters. The minimum atomic E-state index is 0.544. The van der Waals surface area contributed by atoms with E-state index in [1.165, 1.54) is 24.0 Å². The van der Waals surface area contributed by atoms with Gasteiger partial charge in [-0.1, -0.05) is 39.0 Å². The van der Waals surface area contributed by atoms with E-state index in [0.717, 1.165) is 5.92 Å². The van der Waals surface area contributed by atoms with Gasteiger partial charge in [0.15, 0.2) is 0 Å². The Kier molecular flexibility index (Phi) is 3.34. The maximum atomic E-state index is 3.48. The van der Waals surface area contributed by atoms with Crippen LogP contribution in [0.4, 0.5) is 0 Å². The van der Waals surface area contributed by atoms with Crippen LogP contribution in [0.5, 0.6) is 0 Å². The summed E-state index contributed by atoms with van der Waals surface area (Å²) in [6, 6.07) is 7.59. The maximum Gasteiger partial charge on any atom is 0.0346 e. The Morgan fingerprint density at radius 2 is 2.06 bits per heavy atom. The molecule has 0 heterocycles. The summed E-state index contributed by atoms with van der Waals surface area (Å²) < 4.78 is 0. The van der Waals surface area contributed by atoms with Crippen LogP contribution in [0.3, 0.4) is 0 Å². The monoisotopic (exact) mass is 217 g/mol. The second-order valence-electron chi connectivity index (χ2n) is 5.40. The van der Waals surface area contributed by atoms with Gasteiger partial charge in [-0.25, -0.2) is 0 Å². The number of aryl methyl sites for hydroxylation is 1. The summed E-state index contributed by atoms with van der Waals surface area (Å²) in [5.41, 5.74) is 4.54. The lowest BCUT2D eigenvalue weighted by Gasteiger charge is -2.32. The van der Waals surface area contributed by atoms with Crippen molar-refractivity contribution < 1.29 is 0 Å². The molecule has 0 amide bonds. The van der Waals surface area contributed by atoms with Crippen molar-refractivity contribution in [1.82, 2.24) is 5.32 Å². The fourth-order valence-corrected chi connectivity index (χ4v) is 2.79. The van der Waals surface area contributed by atoms with E-state index in [0.29, 0.717) is 12.0 Å². The van der Waals surface area contributed by atoms with Crippen molar-refractivity contribution in [2.24, 2.45) is 5.92 Å². The van der Waals surface area contributed by atoms with Gasteiger partial charge in [-0.05, 0) is 48.4 Å². The third kappa shape index (κ3) is 2.01. The largest absolute Gasteiger partial charge is 0.313 e. The van der Waals surface area contributed by atoms with Crippen LogP contribution in [0.15, 0.2) is 18.2 Å². The van der Waals surface area contributed by atoms with Crippen molar-refractivity contribution in [3.63, 3.8) is 0 Å². The molecule has 0 aromatic heterocycles. The van der Waals surface area contributed by atoms with Gasteiger partial charge >= 0.3 is 0 Å². The SMILES string of the molecule is CNC1c2cc(C(C)C)ccc2CCC1C. The predicted octanol–water partition coefficient (Wildman–Crippen LogP) is 3.65. The molecule has 1 N–H and O–H groups in total. The highest BCUT2D eigenvalue weighted by Gasteiger charge is 2.25. The normalized spacial score (nSPS) is 24.6. The molecular formula is C15H23N.